The van der Waals surface area contributed by atoms with Gasteiger partial charge in [0.05, 0.1) is 11.0 Å². The highest BCUT2D eigenvalue weighted by atomic mass is 16.4. The number of aromatic nitrogens is 3. The Balaban J connectivity index is 1.00. The fourth-order valence-electron chi connectivity index (χ4n) is 8.18. The van der Waals surface area contributed by atoms with Crippen LogP contribution in [-0.2, 0) is 0 Å². The monoisotopic (exact) mass is 719 g/mol. The van der Waals surface area contributed by atoms with Gasteiger partial charge in [-0.1, -0.05) is 78.9 Å². The number of furan rings is 1. The van der Waals surface area contributed by atoms with Gasteiger partial charge in [-0.2, -0.15) is 0 Å². The molecule has 0 saturated heterocycles. The lowest BCUT2D eigenvalue weighted by molar-refractivity contribution is 0.617. The second-order valence-corrected chi connectivity index (χ2v) is 14.2. The molecule has 56 heavy (non-hydrogen) atoms. The molecule has 0 amide bonds. The topological polar surface area (TPSA) is 70.1 Å². The lowest BCUT2D eigenvalue weighted by Crippen LogP contribution is -1.92. The van der Waals surface area contributed by atoms with Crippen LogP contribution in [0.1, 0.15) is 0 Å². The maximum Gasteiger partial charge on any atom is 0.227 e. The van der Waals surface area contributed by atoms with Gasteiger partial charge in [0.2, 0.25) is 11.8 Å². The Hall–Kier alpha value is -7.70. The number of nitrogens with zero attached hydrogens (tertiary/aromatic N) is 3. The van der Waals surface area contributed by atoms with E-state index in [9.17, 15) is 0 Å². The molecule has 6 nitrogen and oxygen atoms in total. The number of fused-ring (bicyclic) bond motifs is 8. The summed E-state index contributed by atoms with van der Waals surface area (Å²) in [7, 11) is 0. The molecule has 0 N–H and O–H groups in total. The van der Waals surface area contributed by atoms with Crippen molar-refractivity contribution >= 4 is 65.9 Å². The zero-order valence-electron chi connectivity index (χ0n) is 29.8. The fourth-order valence-corrected chi connectivity index (χ4v) is 8.18. The average Bonchev–Trinajstić information content (AvgIpc) is 4.05. The Morgan fingerprint density at radius 1 is 0.321 bits per heavy atom. The van der Waals surface area contributed by atoms with E-state index in [1.807, 2.05) is 54.6 Å². The number of hydrogen-bond acceptors (Lipinski definition) is 5. The molecule has 262 valence electrons. The third-order valence-electron chi connectivity index (χ3n) is 10.8. The third-order valence-corrected chi connectivity index (χ3v) is 10.8. The first kappa shape index (κ1) is 30.7. The first-order chi connectivity index (χ1) is 27.7. The highest BCUT2D eigenvalue weighted by molar-refractivity contribution is 6.11. The predicted octanol–water partition coefficient (Wildman–Crippen LogP) is 13.6. The molecule has 0 bridgehead atoms. The van der Waals surface area contributed by atoms with Gasteiger partial charge in [-0.3, -0.25) is 0 Å². The number of rotatable bonds is 5. The van der Waals surface area contributed by atoms with E-state index < -0.39 is 0 Å². The predicted molar refractivity (Wildman–Crippen MR) is 225 cm³/mol. The van der Waals surface area contributed by atoms with Crippen LogP contribution in [0.5, 0.6) is 0 Å². The van der Waals surface area contributed by atoms with E-state index in [2.05, 4.69) is 126 Å². The summed E-state index contributed by atoms with van der Waals surface area (Å²) in [6.07, 6.45) is 0. The minimum absolute atomic E-state index is 0.536. The normalized spacial score (nSPS) is 11.9. The van der Waals surface area contributed by atoms with Crippen LogP contribution >= 0.6 is 0 Å². The van der Waals surface area contributed by atoms with Gasteiger partial charge in [-0.15, -0.1) is 0 Å². The number of benzene rings is 8. The summed E-state index contributed by atoms with van der Waals surface area (Å²) in [5.41, 5.74) is 14.2. The van der Waals surface area contributed by atoms with Crippen LogP contribution in [0.2, 0.25) is 0 Å². The van der Waals surface area contributed by atoms with Gasteiger partial charge in [0, 0.05) is 38.4 Å². The molecule has 6 heteroatoms. The quantitative estimate of drug-likeness (QED) is 0.177. The molecular formula is C50H29N3O3. The van der Waals surface area contributed by atoms with Crippen molar-refractivity contribution in [1.29, 1.82) is 0 Å². The molecule has 8 aromatic carbocycles. The minimum atomic E-state index is 0.536. The van der Waals surface area contributed by atoms with Gasteiger partial charge in [0.1, 0.15) is 22.2 Å². The van der Waals surface area contributed by atoms with Gasteiger partial charge in [0.15, 0.2) is 11.2 Å². The summed E-state index contributed by atoms with van der Waals surface area (Å²) in [6.45, 7) is 0. The van der Waals surface area contributed by atoms with E-state index >= 15 is 0 Å². The molecule has 0 spiro atoms. The molecule has 0 atom stereocenters. The standard InChI is InChI=1S/C50H29N3O3/c1-2-10-36(11-3-1)53-43-15-7-4-12-37(43)38-27-30(18-21-44(38)53)31-19-22-45-39(28-31)40-29-32(20-23-46(40)54-45)33-24-34(49-51-41-13-5-8-16-47(41)55-49)26-35(25-33)50-52-42-14-6-9-17-48(42)56-50/h1-29H. The van der Waals surface area contributed by atoms with Crippen molar-refractivity contribution in [3.8, 4) is 50.8 Å². The Morgan fingerprint density at radius 3 is 1.46 bits per heavy atom. The Labute approximate surface area is 319 Å². The van der Waals surface area contributed by atoms with Crippen LogP contribution in [0.25, 0.3) is 117 Å². The fraction of sp³-hybridized carbons (Fsp3) is 0. The summed E-state index contributed by atoms with van der Waals surface area (Å²) < 4.78 is 21.3. The van der Waals surface area contributed by atoms with Crippen LogP contribution in [0.3, 0.4) is 0 Å². The molecule has 4 heterocycles. The summed E-state index contributed by atoms with van der Waals surface area (Å²) in [5.74, 6) is 1.07. The zero-order valence-corrected chi connectivity index (χ0v) is 29.8. The summed E-state index contributed by atoms with van der Waals surface area (Å²) >= 11 is 0. The molecule has 12 rings (SSSR count). The van der Waals surface area contributed by atoms with Crippen molar-refractivity contribution in [3.63, 3.8) is 0 Å². The molecule has 0 unspecified atom stereocenters. The van der Waals surface area contributed by atoms with Gasteiger partial charge in [-0.05, 0) is 119 Å². The van der Waals surface area contributed by atoms with Crippen LogP contribution in [0.15, 0.2) is 189 Å². The lowest BCUT2D eigenvalue weighted by Gasteiger charge is -2.08. The Kier molecular flexibility index (Phi) is 6.53. The molecule has 12 aromatic rings. The van der Waals surface area contributed by atoms with Crippen molar-refractivity contribution < 1.29 is 13.3 Å². The van der Waals surface area contributed by atoms with Gasteiger partial charge in [-0.25, -0.2) is 9.97 Å². The first-order valence-corrected chi connectivity index (χ1v) is 18.6. The molecular weight excluding hydrogens is 691 g/mol. The van der Waals surface area contributed by atoms with E-state index in [-0.39, 0.29) is 0 Å². The van der Waals surface area contributed by atoms with Crippen molar-refractivity contribution in [2.45, 2.75) is 0 Å². The highest BCUT2D eigenvalue weighted by Gasteiger charge is 2.18. The SMILES string of the molecule is c1ccc(-n2c3ccccc3c3cc(-c4ccc5oc6ccc(-c7cc(-c8nc9ccccc9o8)cc(-c8nc9ccccc9o8)c7)cc6c5c4)ccc32)cc1. The molecule has 0 aliphatic heterocycles. The Morgan fingerprint density at radius 2 is 0.821 bits per heavy atom. The zero-order chi connectivity index (χ0) is 36.7. The maximum absolute atomic E-state index is 6.41. The van der Waals surface area contributed by atoms with E-state index in [1.165, 1.54) is 21.8 Å². The summed E-state index contributed by atoms with van der Waals surface area (Å²) in [5, 5.41) is 4.54. The van der Waals surface area contributed by atoms with Crippen molar-refractivity contribution in [3.05, 3.63) is 176 Å². The molecule has 0 aliphatic rings. The van der Waals surface area contributed by atoms with E-state index in [4.69, 9.17) is 23.2 Å². The molecule has 0 aliphatic carbocycles. The Bertz CT molecular complexity index is 3340. The van der Waals surface area contributed by atoms with E-state index in [0.717, 1.165) is 83.2 Å². The molecule has 0 saturated carbocycles. The van der Waals surface area contributed by atoms with Crippen LogP contribution in [0.4, 0.5) is 0 Å². The second kappa shape index (κ2) is 11.9. The maximum atomic E-state index is 6.41. The van der Waals surface area contributed by atoms with Crippen LogP contribution in [0, 0.1) is 0 Å². The van der Waals surface area contributed by atoms with Gasteiger partial charge < -0.3 is 17.8 Å². The average molecular weight is 720 g/mol. The van der Waals surface area contributed by atoms with E-state index in [1.54, 1.807) is 0 Å². The highest BCUT2D eigenvalue weighted by Crippen LogP contribution is 2.40. The molecule has 0 fully saturated rings. The van der Waals surface area contributed by atoms with Gasteiger partial charge >= 0.3 is 0 Å². The number of oxazole rings is 2. The smallest absolute Gasteiger partial charge is 0.227 e. The van der Waals surface area contributed by atoms with E-state index in [0.29, 0.717) is 11.8 Å². The van der Waals surface area contributed by atoms with Crippen LogP contribution < -0.4 is 0 Å². The minimum Gasteiger partial charge on any atom is -0.456 e. The summed E-state index contributed by atoms with van der Waals surface area (Å²) in [4.78, 5) is 9.67. The number of para-hydroxylation sites is 6. The third kappa shape index (κ3) is 4.83. The lowest BCUT2D eigenvalue weighted by atomic mass is 9.97. The van der Waals surface area contributed by atoms with Crippen molar-refractivity contribution in [2.75, 3.05) is 0 Å². The van der Waals surface area contributed by atoms with Crippen LogP contribution in [-0.4, -0.2) is 14.5 Å². The summed E-state index contributed by atoms with van der Waals surface area (Å²) in [6, 6.07) is 60.7. The largest absolute Gasteiger partial charge is 0.456 e. The van der Waals surface area contributed by atoms with Gasteiger partial charge in [0.25, 0.3) is 0 Å². The molecule has 4 aromatic heterocycles. The first-order valence-electron chi connectivity index (χ1n) is 18.6. The van der Waals surface area contributed by atoms with Crippen molar-refractivity contribution in [2.24, 2.45) is 0 Å². The second-order valence-electron chi connectivity index (χ2n) is 14.2. The molecule has 0 radical (unpaired) electrons. The van der Waals surface area contributed by atoms with Crippen molar-refractivity contribution in [1.82, 2.24) is 14.5 Å². The number of hydrogen-bond donors (Lipinski definition) is 0.